The van der Waals surface area contributed by atoms with Crippen molar-refractivity contribution in [1.82, 2.24) is 90.0 Å². The Kier molecular flexibility index (Phi) is 57.1. The van der Waals surface area contributed by atoms with Gasteiger partial charge in [-0.1, -0.05) is 27.7 Å². The molecule has 35 N–H and O–H groups in total. The van der Waals surface area contributed by atoms with Gasteiger partial charge in [0.2, 0.25) is 100 Å². The fourth-order valence-corrected chi connectivity index (χ4v) is 13.5. The Labute approximate surface area is 772 Å². The van der Waals surface area contributed by atoms with Gasteiger partial charge in [0.25, 0.3) is 0 Å². The van der Waals surface area contributed by atoms with Crippen LogP contribution in [0.3, 0.4) is 0 Å². The second-order valence-corrected chi connectivity index (χ2v) is 33.3. The lowest BCUT2D eigenvalue weighted by molar-refractivity contribution is -0.143. The van der Waals surface area contributed by atoms with Gasteiger partial charge < -0.3 is 160 Å². The molecule has 0 aliphatic carbocycles. The number of carbonyl (C=O) groups excluding carboxylic acids is 17. The van der Waals surface area contributed by atoms with Crippen LogP contribution in [0.4, 0.5) is 0 Å². The number of rotatable bonds is 67. The van der Waals surface area contributed by atoms with Gasteiger partial charge in [0.1, 0.15) is 96.7 Å². The van der Waals surface area contributed by atoms with E-state index in [0.29, 0.717) is 12.8 Å². The Hall–Kier alpha value is -11.4. The number of thiol groups is 1. The van der Waals surface area contributed by atoms with Crippen LogP contribution in [-0.2, 0) is 101 Å². The molecule has 0 unspecified atom stereocenters. The molecule has 17 amide bonds. The van der Waals surface area contributed by atoms with E-state index in [4.69, 9.17) is 34.4 Å². The van der Waals surface area contributed by atoms with Crippen molar-refractivity contribution in [2.45, 2.75) is 266 Å². The molecule has 748 valence electrons. The van der Waals surface area contributed by atoms with Crippen molar-refractivity contribution in [3.63, 3.8) is 0 Å². The van der Waals surface area contributed by atoms with Crippen molar-refractivity contribution in [1.29, 1.82) is 0 Å². The average Bonchev–Trinajstić information content (AvgIpc) is 1.68. The van der Waals surface area contributed by atoms with Crippen LogP contribution in [0, 0.1) is 11.8 Å². The Morgan fingerprint density at radius 2 is 0.811 bits per heavy atom. The van der Waals surface area contributed by atoms with Crippen LogP contribution in [0.2, 0.25) is 0 Å². The number of aliphatic imine (C=N–C) groups is 1. The van der Waals surface area contributed by atoms with Crippen molar-refractivity contribution >= 4 is 155 Å². The van der Waals surface area contributed by atoms with E-state index in [9.17, 15) is 136 Å². The molecule has 0 saturated carbocycles. The largest absolute Gasteiger partial charge is 0.481 e. The molecule has 1 fully saturated rings. The number of nitrogens with zero attached hydrogens (tertiary/aromatic N) is 2. The first-order valence-electron chi connectivity index (χ1n) is 43.0. The molecular formula is C78H136N24O28S2. The number of hydrogen-bond donors (Lipinski definition) is 30. The van der Waals surface area contributed by atoms with Crippen LogP contribution < -0.4 is 119 Å². The van der Waals surface area contributed by atoms with Gasteiger partial charge in [-0.3, -0.25) is 106 Å². The molecule has 0 aromatic carbocycles. The highest BCUT2D eigenvalue weighted by atomic mass is 32.2. The number of likely N-dealkylation sites (tertiary alicyclic amines) is 1. The fourth-order valence-electron chi connectivity index (χ4n) is 12.8. The quantitative estimate of drug-likeness (QED) is 0.0116. The molecule has 0 bridgehead atoms. The second kappa shape index (κ2) is 63.6. The SMILES string of the molecule is CSCC[C@H](NC(=O)[C@H](C)NC(=O)[C@@H](NC(=O)[C@H](CCCCN)NC(=O)[C@H](CCC(=O)O)NC(=O)[C@@H]1CCCN1C(=O)[C@H](CO)NC(=O)[C@H](CO)NC(=O)[C@@H](N)CS)C(C)C)C(=O)N[C@@H](CC(C)C)C(=O)N[C@@H](CC(=O)O)C(=O)NCC(=O)N[C@@H](CO)C(=O)N[C@@H](CCCN=C(N)N)C(=O)N[C@@H](CCCCN)C(=O)N[C@@H](CC(=O)O)C(=O)N[C@@H](CCCCN)C(=O)N[C@@H](C)C(=O)O. The van der Waals surface area contributed by atoms with Gasteiger partial charge in [0.15, 0.2) is 5.96 Å². The van der Waals surface area contributed by atoms with Crippen LogP contribution in [0.1, 0.15) is 164 Å². The summed E-state index contributed by atoms with van der Waals surface area (Å²) in [6, 6.07) is -27.1. The van der Waals surface area contributed by atoms with E-state index in [-0.39, 0.29) is 134 Å². The average molecular weight is 1920 g/mol. The van der Waals surface area contributed by atoms with Gasteiger partial charge >= 0.3 is 23.9 Å². The number of carbonyl (C=O) groups is 21. The number of amides is 17. The van der Waals surface area contributed by atoms with E-state index < -0.39 is 291 Å². The molecule has 17 atom stereocenters. The Morgan fingerprint density at radius 3 is 1.24 bits per heavy atom. The highest BCUT2D eigenvalue weighted by Crippen LogP contribution is 2.21. The van der Waals surface area contributed by atoms with Gasteiger partial charge in [-0.15, -0.1) is 0 Å². The minimum Gasteiger partial charge on any atom is -0.481 e. The predicted octanol–water partition coefficient (Wildman–Crippen LogP) is -11.6. The Bertz CT molecular complexity index is 3910. The highest BCUT2D eigenvalue weighted by Gasteiger charge is 2.43. The number of aliphatic hydroxyl groups excluding tert-OH is 3. The second-order valence-electron chi connectivity index (χ2n) is 31.9. The third-order valence-corrected chi connectivity index (χ3v) is 21.2. The number of guanidine groups is 1. The molecule has 54 heteroatoms. The number of aliphatic carboxylic acids is 4. The highest BCUT2D eigenvalue weighted by molar-refractivity contribution is 7.98. The van der Waals surface area contributed by atoms with Gasteiger partial charge in [-0.05, 0) is 160 Å². The van der Waals surface area contributed by atoms with Gasteiger partial charge in [0.05, 0.1) is 45.2 Å². The summed E-state index contributed by atoms with van der Waals surface area (Å²) < 4.78 is 0. The number of nitrogens with two attached hydrogens (primary N) is 6. The molecule has 1 aliphatic rings. The van der Waals surface area contributed by atoms with E-state index in [1.165, 1.54) is 32.5 Å². The fraction of sp³-hybridized carbons (Fsp3) is 0.718. The molecule has 0 aromatic rings. The van der Waals surface area contributed by atoms with Gasteiger partial charge in [0, 0.05) is 25.3 Å². The summed E-state index contributed by atoms with van der Waals surface area (Å²) >= 11 is 5.16. The zero-order valence-electron chi connectivity index (χ0n) is 75.1. The Morgan fingerprint density at radius 1 is 0.424 bits per heavy atom. The normalized spacial score (nSPS) is 15.9. The maximum atomic E-state index is 14.3. The number of carboxylic acids is 4. The first kappa shape index (κ1) is 119. The van der Waals surface area contributed by atoms with Crippen molar-refractivity contribution in [3.8, 4) is 0 Å². The lowest BCUT2D eigenvalue weighted by Gasteiger charge is -2.30. The van der Waals surface area contributed by atoms with Crippen molar-refractivity contribution in [2.24, 2.45) is 51.2 Å². The lowest BCUT2D eigenvalue weighted by Crippen LogP contribution is -2.61. The molecule has 0 spiro atoms. The topological polar surface area (TPSA) is 864 Å². The molecule has 1 heterocycles. The van der Waals surface area contributed by atoms with Crippen LogP contribution >= 0.6 is 24.4 Å². The summed E-state index contributed by atoms with van der Waals surface area (Å²) in [5, 5.41) is 107. The minimum atomic E-state index is -2.00. The number of hydrogen-bond acceptors (Lipinski definition) is 31. The molecule has 132 heavy (non-hydrogen) atoms. The van der Waals surface area contributed by atoms with E-state index in [0.717, 1.165) is 11.8 Å². The zero-order chi connectivity index (χ0) is 100. The molecule has 0 radical (unpaired) electrons. The summed E-state index contributed by atoms with van der Waals surface area (Å²) in [6.07, 6.45) is -1.27. The number of carboxylic acid groups (broad SMARTS) is 4. The van der Waals surface area contributed by atoms with Crippen molar-refractivity contribution < 1.29 is 136 Å². The molecule has 1 saturated heterocycles. The van der Waals surface area contributed by atoms with E-state index in [1.807, 2.05) is 0 Å². The standard InChI is InChI=1S/C78H136N24O28S2/c1-38(2)30-49(70(122)97-50(31-58(109)110)63(115)86-33-56(106)89-52(34-103)72(124)94-46(19-14-27-85-78(83)84)65(117)91-44(17-9-12-25-80)66(118)98-51(32-59(111)112)71(123)93-43(16-8-11-24-79)64(116)88-41(6)77(129)130)96-68(120)48(23-29-132-7)90-61(113)40(5)87-75(127)60(39(3)4)101-69(121)45(18-10-13-26-81)92-67(119)47(21-22-57(107)108)95-74(126)55-20-15-28-102(55)76(128)54(36-105)100-73(125)53(35-104)99-62(114)42(82)37-131/h38-55,60,103-105,131H,8-37,79-82H2,1-7H3,(H,86,115)(H,87,127)(H,88,116)(H,89,106)(H,90,113)(H,91,117)(H,92,119)(H,93,123)(H,94,124)(H,95,126)(H,96,120)(H,97,122)(H,98,118)(H,99,114)(H,100,125)(H,101,121)(H,107,108)(H,109,110)(H,111,112)(H,129,130)(H4,83,84,85)/t40-,41-,42-,43-,44-,45-,46-,47-,48-,49-,50-,51-,52-,53-,54-,55-,60-/m0/s1. The van der Waals surface area contributed by atoms with Crippen LogP contribution in [0.5, 0.6) is 0 Å². The minimum absolute atomic E-state index is 0.0225. The van der Waals surface area contributed by atoms with Crippen molar-refractivity contribution in [3.05, 3.63) is 0 Å². The summed E-state index contributed by atoms with van der Waals surface area (Å²) in [5.74, 6) is -25.8. The predicted molar refractivity (Wildman–Crippen MR) is 476 cm³/mol. The van der Waals surface area contributed by atoms with Crippen molar-refractivity contribution in [2.75, 3.05) is 76.9 Å². The maximum Gasteiger partial charge on any atom is 0.325 e. The molecule has 1 aliphatic heterocycles. The maximum absolute atomic E-state index is 14.3. The molecule has 0 aromatic heterocycles. The summed E-state index contributed by atoms with van der Waals surface area (Å²) in [5.41, 5.74) is 33.7. The lowest BCUT2D eigenvalue weighted by atomic mass is 10.0. The zero-order valence-corrected chi connectivity index (χ0v) is 76.8. The van der Waals surface area contributed by atoms with Gasteiger partial charge in [-0.2, -0.15) is 24.4 Å². The third-order valence-electron chi connectivity index (χ3n) is 20.2. The van der Waals surface area contributed by atoms with E-state index in [2.05, 4.69) is 103 Å². The van der Waals surface area contributed by atoms with E-state index in [1.54, 1.807) is 20.1 Å². The van der Waals surface area contributed by atoms with Crippen LogP contribution in [0.25, 0.3) is 0 Å². The monoisotopic (exact) mass is 1920 g/mol. The molecular weight excluding hydrogens is 1790 g/mol. The summed E-state index contributed by atoms with van der Waals surface area (Å²) in [4.78, 5) is 288. The Balaban J connectivity index is 3.47. The van der Waals surface area contributed by atoms with Crippen LogP contribution in [0.15, 0.2) is 4.99 Å². The first-order chi connectivity index (χ1) is 62.2. The van der Waals surface area contributed by atoms with Crippen LogP contribution in [-0.4, -0.2) is 350 Å². The molecule has 52 nitrogen and oxygen atoms in total. The number of thioether (sulfide) groups is 1. The number of aliphatic hydroxyl groups is 3. The first-order valence-corrected chi connectivity index (χ1v) is 45.1. The number of unbranched alkanes of at least 4 members (excludes halogenated alkanes) is 3. The smallest absolute Gasteiger partial charge is 0.325 e. The summed E-state index contributed by atoms with van der Waals surface area (Å²) in [6.45, 7) is 4.61. The van der Waals surface area contributed by atoms with E-state index >= 15 is 0 Å². The summed E-state index contributed by atoms with van der Waals surface area (Å²) in [7, 11) is 0. The molecule has 1 rings (SSSR count). The van der Waals surface area contributed by atoms with Gasteiger partial charge in [-0.25, -0.2) is 0 Å². The third kappa shape index (κ3) is 45.1. The number of nitrogens with one attached hydrogen (secondary N) is 16.